The van der Waals surface area contributed by atoms with Crippen molar-refractivity contribution < 1.29 is 0 Å². The molecule has 1 aliphatic carbocycles. The van der Waals surface area contributed by atoms with E-state index < -0.39 is 0 Å². The van der Waals surface area contributed by atoms with Gasteiger partial charge in [-0.05, 0) is 86.6 Å². The molecule has 0 unspecified atom stereocenters. The zero-order valence-electron chi connectivity index (χ0n) is 26.8. The number of aromatic nitrogens is 3. The number of hydrogen-bond acceptors (Lipinski definition) is 2. The van der Waals surface area contributed by atoms with Crippen molar-refractivity contribution in [3.8, 4) is 39.3 Å². The van der Waals surface area contributed by atoms with Gasteiger partial charge < -0.3 is 0 Å². The normalized spacial score (nSPS) is 13.4. The number of para-hydroxylation sites is 1. The molecule has 0 aliphatic heterocycles. The Hall–Kier alpha value is -6.06. The van der Waals surface area contributed by atoms with Crippen molar-refractivity contribution in [3.63, 3.8) is 0 Å². The van der Waals surface area contributed by atoms with Crippen LogP contribution in [-0.4, -0.2) is 14.5 Å². The van der Waals surface area contributed by atoms with Gasteiger partial charge in [-0.25, -0.2) is 9.97 Å². The summed E-state index contributed by atoms with van der Waals surface area (Å²) in [7, 11) is 0. The largest absolute Gasteiger partial charge is 0.292 e. The number of rotatable bonds is 3. The fourth-order valence-corrected chi connectivity index (χ4v) is 7.91. The van der Waals surface area contributed by atoms with Crippen molar-refractivity contribution in [1.82, 2.24) is 14.5 Å². The van der Waals surface area contributed by atoms with Crippen LogP contribution in [0.15, 0.2) is 152 Å². The molecule has 0 amide bonds. The van der Waals surface area contributed by atoms with Crippen LogP contribution in [-0.2, 0) is 5.41 Å². The quantitative estimate of drug-likeness (QED) is 0.198. The molecule has 7 aromatic carbocycles. The van der Waals surface area contributed by atoms with Gasteiger partial charge in [0.2, 0.25) is 0 Å². The van der Waals surface area contributed by atoms with E-state index in [-0.39, 0.29) is 5.41 Å². The van der Waals surface area contributed by atoms with E-state index in [0.29, 0.717) is 0 Å². The zero-order chi connectivity index (χ0) is 32.0. The highest BCUT2D eigenvalue weighted by molar-refractivity contribution is 6.12. The van der Waals surface area contributed by atoms with Crippen LogP contribution >= 0.6 is 0 Å². The highest BCUT2D eigenvalue weighted by Crippen LogP contribution is 2.52. The maximum absolute atomic E-state index is 5.49. The van der Waals surface area contributed by atoms with E-state index in [0.717, 1.165) is 50.3 Å². The molecule has 3 heteroatoms. The van der Waals surface area contributed by atoms with E-state index in [4.69, 9.17) is 9.97 Å². The third-order valence-electron chi connectivity index (χ3n) is 10.3. The van der Waals surface area contributed by atoms with Gasteiger partial charge in [0, 0.05) is 21.8 Å². The van der Waals surface area contributed by atoms with Gasteiger partial charge in [0.25, 0.3) is 0 Å². The first-order chi connectivity index (χ1) is 23.5. The van der Waals surface area contributed by atoms with Crippen molar-refractivity contribution >= 4 is 43.6 Å². The summed E-state index contributed by atoms with van der Waals surface area (Å²) in [6.45, 7) is 4.73. The average Bonchev–Trinajstić information content (AvgIpc) is 3.57. The smallest absolute Gasteiger partial charge is 0.165 e. The zero-order valence-corrected chi connectivity index (χ0v) is 26.8. The van der Waals surface area contributed by atoms with Gasteiger partial charge in [-0.3, -0.25) is 4.57 Å². The Balaban J connectivity index is 1.29. The van der Waals surface area contributed by atoms with Crippen molar-refractivity contribution in [1.29, 1.82) is 0 Å². The SMILES string of the molecule is CC1(C)c2cc3ccccc3cc2-c2cc3c4ccccc4n(-c4nc5cc(-c6ccccc6)ccc5nc4-c4ccccc4)c3cc21. The first-order valence-corrected chi connectivity index (χ1v) is 16.6. The summed E-state index contributed by atoms with van der Waals surface area (Å²) in [4.78, 5) is 10.8. The van der Waals surface area contributed by atoms with Gasteiger partial charge in [0.05, 0.1) is 22.1 Å². The topological polar surface area (TPSA) is 30.7 Å². The number of fused-ring (bicyclic) bond motifs is 8. The lowest BCUT2D eigenvalue weighted by Crippen LogP contribution is -2.15. The lowest BCUT2D eigenvalue weighted by Gasteiger charge is -2.22. The van der Waals surface area contributed by atoms with Crippen LogP contribution in [0.1, 0.15) is 25.0 Å². The summed E-state index contributed by atoms with van der Waals surface area (Å²) in [6, 6.07) is 54.4. The Bertz CT molecular complexity index is 2740. The Morgan fingerprint density at radius 3 is 1.90 bits per heavy atom. The van der Waals surface area contributed by atoms with Crippen LogP contribution in [0.5, 0.6) is 0 Å². The molecular formula is C45H31N3. The highest BCUT2D eigenvalue weighted by Gasteiger charge is 2.37. The molecule has 2 heterocycles. The lowest BCUT2D eigenvalue weighted by atomic mass is 9.81. The molecule has 1 aliphatic rings. The van der Waals surface area contributed by atoms with E-state index in [2.05, 4.69) is 170 Å². The Morgan fingerprint density at radius 2 is 1.10 bits per heavy atom. The lowest BCUT2D eigenvalue weighted by molar-refractivity contribution is 0.662. The van der Waals surface area contributed by atoms with Gasteiger partial charge in [-0.15, -0.1) is 0 Å². The molecule has 10 rings (SSSR count). The van der Waals surface area contributed by atoms with Crippen LogP contribution in [0, 0.1) is 0 Å². The maximum Gasteiger partial charge on any atom is 0.165 e. The molecule has 0 spiro atoms. The molecule has 0 radical (unpaired) electrons. The highest BCUT2D eigenvalue weighted by atomic mass is 15.1. The number of hydrogen-bond donors (Lipinski definition) is 0. The third-order valence-corrected chi connectivity index (χ3v) is 10.3. The van der Waals surface area contributed by atoms with Crippen molar-refractivity contribution in [2.75, 3.05) is 0 Å². The van der Waals surface area contributed by atoms with Crippen molar-refractivity contribution in [2.24, 2.45) is 0 Å². The first-order valence-electron chi connectivity index (χ1n) is 16.6. The monoisotopic (exact) mass is 613 g/mol. The van der Waals surface area contributed by atoms with Gasteiger partial charge in [-0.1, -0.05) is 123 Å². The molecule has 0 atom stereocenters. The summed E-state index contributed by atoms with van der Waals surface area (Å²) in [5.74, 6) is 0.837. The third kappa shape index (κ3) is 3.88. The van der Waals surface area contributed by atoms with Crippen LogP contribution in [0.25, 0.3) is 82.9 Å². The fourth-order valence-electron chi connectivity index (χ4n) is 7.91. The van der Waals surface area contributed by atoms with Crippen LogP contribution in [0.4, 0.5) is 0 Å². The fraction of sp³-hybridized carbons (Fsp3) is 0.0667. The van der Waals surface area contributed by atoms with Gasteiger partial charge in [0.1, 0.15) is 5.69 Å². The molecule has 0 saturated carbocycles. The Labute approximate surface area is 278 Å². The number of nitrogens with zero attached hydrogens (tertiary/aromatic N) is 3. The molecule has 48 heavy (non-hydrogen) atoms. The minimum Gasteiger partial charge on any atom is -0.292 e. The molecule has 0 bridgehead atoms. The summed E-state index contributed by atoms with van der Waals surface area (Å²) < 4.78 is 2.35. The molecule has 0 N–H and O–H groups in total. The van der Waals surface area contributed by atoms with E-state index in [1.165, 1.54) is 43.8 Å². The van der Waals surface area contributed by atoms with E-state index >= 15 is 0 Å². The second-order valence-electron chi connectivity index (χ2n) is 13.5. The summed E-state index contributed by atoms with van der Waals surface area (Å²) in [6.07, 6.45) is 0. The average molecular weight is 614 g/mol. The van der Waals surface area contributed by atoms with Crippen LogP contribution in [0.2, 0.25) is 0 Å². The summed E-state index contributed by atoms with van der Waals surface area (Å²) in [5.41, 5.74) is 13.4. The molecule has 9 aromatic rings. The molecule has 226 valence electrons. The van der Waals surface area contributed by atoms with Gasteiger partial charge in [-0.2, -0.15) is 0 Å². The van der Waals surface area contributed by atoms with Gasteiger partial charge in [0.15, 0.2) is 5.82 Å². The molecule has 2 aromatic heterocycles. The Kier molecular flexibility index (Phi) is 5.63. The predicted octanol–water partition coefficient (Wildman–Crippen LogP) is 11.5. The second-order valence-corrected chi connectivity index (χ2v) is 13.5. The standard InChI is InChI=1S/C45H31N3/c1-45(2)37-24-31-18-10-9-17-30(31)23-34(37)35-26-36-33-19-11-12-20-41(33)48(42(36)27-38(35)45)44-43(29-15-7-4-8-16-29)46-39-22-21-32(25-40(39)47-44)28-13-5-3-6-14-28/h3-27H,1-2H3. The Morgan fingerprint density at radius 1 is 0.458 bits per heavy atom. The minimum atomic E-state index is -0.161. The summed E-state index contributed by atoms with van der Waals surface area (Å²) in [5, 5.41) is 4.99. The second kappa shape index (κ2) is 9.97. The van der Waals surface area contributed by atoms with Crippen LogP contribution in [0.3, 0.4) is 0 Å². The van der Waals surface area contributed by atoms with E-state index in [1.54, 1.807) is 0 Å². The summed E-state index contributed by atoms with van der Waals surface area (Å²) >= 11 is 0. The molecule has 0 saturated heterocycles. The minimum absolute atomic E-state index is 0.161. The van der Waals surface area contributed by atoms with Crippen LogP contribution < -0.4 is 0 Å². The predicted molar refractivity (Wildman–Crippen MR) is 200 cm³/mol. The number of benzene rings is 7. The van der Waals surface area contributed by atoms with E-state index in [9.17, 15) is 0 Å². The maximum atomic E-state index is 5.49. The molecular weight excluding hydrogens is 583 g/mol. The first kappa shape index (κ1) is 27.1. The van der Waals surface area contributed by atoms with Crippen molar-refractivity contribution in [2.45, 2.75) is 19.3 Å². The molecule has 0 fully saturated rings. The van der Waals surface area contributed by atoms with Crippen molar-refractivity contribution in [3.05, 3.63) is 163 Å². The van der Waals surface area contributed by atoms with Gasteiger partial charge >= 0.3 is 0 Å². The molecule has 3 nitrogen and oxygen atoms in total. The van der Waals surface area contributed by atoms with E-state index in [1.807, 2.05) is 0 Å².